The maximum Gasteiger partial charge on any atom is 0.306 e. The molecule has 0 N–H and O–H groups in total. The van der Waals surface area contributed by atoms with E-state index in [1.165, 1.54) is 13.3 Å². The Balaban J connectivity index is 1.78. The Morgan fingerprint density at radius 1 is 1.15 bits per heavy atom. The van der Waals surface area contributed by atoms with E-state index in [2.05, 4.69) is 0 Å². The minimum absolute atomic E-state index is 0.0593. The average molecular weight is 280 g/mol. The number of hydrogen-bond donors (Lipinski definition) is 0. The van der Waals surface area contributed by atoms with Crippen LogP contribution in [0.15, 0.2) is 0 Å². The third-order valence-corrected chi connectivity index (χ3v) is 5.33. The molecule has 4 saturated carbocycles. The summed E-state index contributed by atoms with van der Waals surface area (Å²) in [5.74, 6) is 0.975. The molecule has 4 bridgehead atoms. The molecule has 0 aromatic rings. The van der Waals surface area contributed by atoms with Crippen LogP contribution in [-0.2, 0) is 19.1 Å². The molecule has 0 aromatic carbocycles. The number of hydrogen-bond acceptors (Lipinski definition) is 4. The Morgan fingerprint density at radius 3 is 2.35 bits per heavy atom. The monoisotopic (exact) mass is 280 g/mol. The first-order chi connectivity index (χ1) is 9.44. The Bertz CT molecular complexity index is 414. The largest absolute Gasteiger partial charge is 0.465 e. The maximum absolute atomic E-state index is 11.8. The first-order valence-electron chi connectivity index (χ1n) is 7.79. The molecular weight excluding hydrogens is 256 g/mol. The predicted molar refractivity (Wildman–Crippen MR) is 72.9 cm³/mol. The minimum Gasteiger partial charge on any atom is -0.465 e. The van der Waals surface area contributed by atoms with Gasteiger partial charge in [0.05, 0.1) is 6.61 Å². The van der Waals surface area contributed by atoms with E-state index in [9.17, 15) is 9.59 Å². The predicted octanol–water partition coefficient (Wildman–Crippen LogP) is 2.84. The summed E-state index contributed by atoms with van der Waals surface area (Å²) in [6.07, 6.45) is 6.85. The van der Waals surface area contributed by atoms with Crippen LogP contribution in [0.25, 0.3) is 0 Å². The highest BCUT2D eigenvalue weighted by Gasteiger charge is 2.59. The van der Waals surface area contributed by atoms with Crippen molar-refractivity contribution < 1.29 is 19.1 Å². The number of rotatable bonds is 4. The Kier molecular flexibility index (Phi) is 3.30. The van der Waals surface area contributed by atoms with Gasteiger partial charge in [0.25, 0.3) is 0 Å². The normalized spacial score (nSPS) is 41.5. The first kappa shape index (κ1) is 13.9. The molecule has 0 spiro atoms. The molecule has 4 nitrogen and oxygen atoms in total. The van der Waals surface area contributed by atoms with Gasteiger partial charge in [0.1, 0.15) is 5.60 Å². The fourth-order valence-corrected chi connectivity index (χ4v) is 5.22. The van der Waals surface area contributed by atoms with Crippen LogP contribution in [0.1, 0.15) is 58.8 Å². The molecule has 0 heterocycles. The number of ether oxygens (including phenoxy) is 2. The zero-order chi connectivity index (χ0) is 14.4. The topological polar surface area (TPSA) is 52.6 Å². The fraction of sp³-hybridized carbons (Fsp3) is 0.875. The van der Waals surface area contributed by atoms with Crippen molar-refractivity contribution >= 4 is 11.9 Å². The molecule has 0 radical (unpaired) electrons. The molecule has 112 valence electrons. The molecule has 0 amide bonds. The molecular formula is C16H24O4. The van der Waals surface area contributed by atoms with Crippen LogP contribution in [0, 0.1) is 17.3 Å². The van der Waals surface area contributed by atoms with E-state index in [1.54, 1.807) is 0 Å². The Labute approximate surface area is 120 Å². The molecule has 20 heavy (non-hydrogen) atoms. The summed E-state index contributed by atoms with van der Waals surface area (Å²) in [5.41, 5.74) is -0.207. The van der Waals surface area contributed by atoms with Crippen molar-refractivity contribution in [2.24, 2.45) is 17.3 Å². The van der Waals surface area contributed by atoms with E-state index in [-0.39, 0.29) is 23.0 Å². The standard InChI is InChI=1S/C16H24O4/c1-3-14(18)20-16-7-12-4-13(8-16)6-15(5-12,9-16)10-19-11(2)17/h12-13H,3-10H2,1-2H3. The van der Waals surface area contributed by atoms with Gasteiger partial charge in [0, 0.05) is 18.8 Å². The van der Waals surface area contributed by atoms with Gasteiger partial charge >= 0.3 is 11.9 Å². The molecule has 4 rings (SSSR count). The van der Waals surface area contributed by atoms with Gasteiger partial charge in [-0.15, -0.1) is 0 Å². The highest BCUT2D eigenvalue weighted by Crippen LogP contribution is 2.62. The van der Waals surface area contributed by atoms with Crippen molar-refractivity contribution in [3.05, 3.63) is 0 Å². The van der Waals surface area contributed by atoms with Gasteiger partial charge in [-0.3, -0.25) is 9.59 Å². The second-order valence-electron chi connectivity index (χ2n) is 7.25. The lowest BCUT2D eigenvalue weighted by molar-refractivity contribution is -0.210. The van der Waals surface area contributed by atoms with Gasteiger partial charge < -0.3 is 9.47 Å². The summed E-state index contributed by atoms with van der Waals surface area (Å²) in [4.78, 5) is 22.9. The van der Waals surface area contributed by atoms with E-state index in [0.717, 1.165) is 32.1 Å². The lowest BCUT2D eigenvalue weighted by Gasteiger charge is -2.60. The van der Waals surface area contributed by atoms with Crippen molar-refractivity contribution in [2.75, 3.05) is 6.61 Å². The Morgan fingerprint density at radius 2 is 1.80 bits per heavy atom. The molecule has 0 aliphatic heterocycles. The maximum atomic E-state index is 11.8. The van der Waals surface area contributed by atoms with Crippen LogP contribution in [0.3, 0.4) is 0 Å². The zero-order valence-electron chi connectivity index (χ0n) is 12.4. The van der Waals surface area contributed by atoms with Crippen LogP contribution in [0.2, 0.25) is 0 Å². The smallest absolute Gasteiger partial charge is 0.306 e. The van der Waals surface area contributed by atoms with Crippen molar-refractivity contribution in [1.29, 1.82) is 0 Å². The van der Waals surface area contributed by atoms with E-state index in [0.29, 0.717) is 24.9 Å². The van der Waals surface area contributed by atoms with Crippen LogP contribution in [-0.4, -0.2) is 24.1 Å². The van der Waals surface area contributed by atoms with E-state index in [4.69, 9.17) is 9.47 Å². The average Bonchev–Trinajstić information content (AvgIpc) is 2.34. The van der Waals surface area contributed by atoms with Gasteiger partial charge in [-0.1, -0.05) is 6.92 Å². The zero-order valence-corrected chi connectivity index (χ0v) is 12.4. The van der Waals surface area contributed by atoms with E-state index < -0.39 is 0 Å². The summed E-state index contributed by atoms with van der Waals surface area (Å²) in [5, 5.41) is 0. The number of esters is 2. The summed E-state index contributed by atoms with van der Waals surface area (Å²) in [7, 11) is 0. The highest BCUT2D eigenvalue weighted by atomic mass is 16.6. The molecule has 4 fully saturated rings. The molecule has 2 atom stereocenters. The number of carbonyl (C=O) groups is 2. The van der Waals surface area contributed by atoms with E-state index >= 15 is 0 Å². The molecule has 0 aromatic heterocycles. The van der Waals surface area contributed by atoms with Gasteiger partial charge in [0.15, 0.2) is 0 Å². The second kappa shape index (κ2) is 4.74. The van der Waals surface area contributed by atoms with Crippen molar-refractivity contribution in [3.8, 4) is 0 Å². The van der Waals surface area contributed by atoms with E-state index in [1.807, 2.05) is 6.92 Å². The lowest BCUT2D eigenvalue weighted by atomic mass is 9.48. The first-order valence-corrected chi connectivity index (χ1v) is 7.79. The summed E-state index contributed by atoms with van der Waals surface area (Å²) in [6.45, 7) is 3.81. The highest BCUT2D eigenvalue weighted by molar-refractivity contribution is 5.69. The van der Waals surface area contributed by atoms with Crippen LogP contribution in [0.5, 0.6) is 0 Å². The third kappa shape index (κ3) is 2.45. The SMILES string of the molecule is CCC(=O)OC12CC3CC(CC(COC(C)=O)(C3)C1)C2. The van der Waals surface area contributed by atoms with Crippen molar-refractivity contribution in [3.63, 3.8) is 0 Å². The van der Waals surface area contributed by atoms with Crippen LogP contribution in [0.4, 0.5) is 0 Å². The molecule has 4 heteroatoms. The summed E-state index contributed by atoms with van der Waals surface area (Å²) < 4.78 is 11.2. The Hall–Kier alpha value is -1.06. The summed E-state index contributed by atoms with van der Waals surface area (Å²) in [6, 6.07) is 0. The van der Waals surface area contributed by atoms with Crippen molar-refractivity contribution in [1.82, 2.24) is 0 Å². The minimum atomic E-state index is -0.267. The number of carbonyl (C=O) groups excluding carboxylic acids is 2. The van der Waals surface area contributed by atoms with Crippen molar-refractivity contribution in [2.45, 2.75) is 64.4 Å². The van der Waals surface area contributed by atoms with Gasteiger partial charge in [-0.2, -0.15) is 0 Å². The fourth-order valence-electron chi connectivity index (χ4n) is 5.22. The van der Waals surface area contributed by atoms with Crippen LogP contribution < -0.4 is 0 Å². The third-order valence-electron chi connectivity index (χ3n) is 5.33. The lowest BCUT2D eigenvalue weighted by Crippen LogP contribution is -2.58. The quantitative estimate of drug-likeness (QED) is 0.743. The van der Waals surface area contributed by atoms with Gasteiger partial charge in [-0.25, -0.2) is 0 Å². The second-order valence-corrected chi connectivity index (χ2v) is 7.25. The van der Waals surface area contributed by atoms with Gasteiger partial charge in [0.2, 0.25) is 0 Å². The van der Waals surface area contributed by atoms with Gasteiger partial charge in [-0.05, 0) is 50.4 Å². The molecule has 0 saturated heterocycles. The molecule has 4 aliphatic carbocycles. The molecule has 4 aliphatic rings. The molecule has 2 unspecified atom stereocenters. The van der Waals surface area contributed by atoms with Crippen LogP contribution >= 0.6 is 0 Å². The summed E-state index contributed by atoms with van der Waals surface area (Å²) >= 11 is 0.